The molecule has 0 aliphatic carbocycles. The Bertz CT molecular complexity index is 445. The molecule has 0 unspecified atom stereocenters. The predicted molar refractivity (Wildman–Crippen MR) is 77.0 cm³/mol. The molecule has 1 rings (SSSR count). The molecular formula is C13H20N2O4S. The van der Waals surface area contributed by atoms with E-state index in [9.17, 15) is 9.59 Å². The summed E-state index contributed by atoms with van der Waals surface area (Å²) in [5.41, 5.74) is 0.195. The lowest BCUT2D eigenvalue weighted by atomic mass is 10.1. The van der Waals surface area contributed by atoms with Gasteiger partial charge in [-0.2, -0.15) is 0 Å². The van der Waals surface area contributed by atoms with Crippen molar-refractivity contribution >= 4 is 28.3 Å². The van der Waals surface area contributed by atoms with Gasteiger partial charge in [-0.25, -0.2) is 9.78 Å². The van der Waals surface area contributed by atoms with Gasteiger partial charge in [0.05, 0.1) is 6.61 Å². The number of hydrogen-bond donors (Lipinski definition) is 1. The standard InChI is InChI=1S/C13H20N2O4S/c1-9(2)4-5-18-6-7-19-12(17)11-8-20-13(15-11)14-10(3)16/h8-9H,4-7H2,1-3H3,(H,14,15,16). The van der Waals surface area contributed by atoms with E-state index >= 15 is 0 Å². The van der Waals surface area contributed by atoms with Crippen LogP contribution in [0.4, 0.5) is 5.13 Å². The molecule has 1 amide bonds. The average molecular weight is 300 g/mol. The van der Waals surface area contributed by atoms with Crippen LogP contribution in [-0.2, 0) is 14.3 Å². The second-order valence-corrected chi connectivity index (χ2v) is 5.51. The largest absolute Gasteiger partial charge is 0.458 e. The molecule has 0 spiro atoms. The quantitative estimate of drug-likeness (QED) is 0.589. The number of hydrogen-bond acceptors (Lipinski definition) is 6. The molecule has 0 aliphatic rings. The SMILES string of the molecule is CC(=O)Nc1nc(C(=O)OCCOCCC(C)C)cs1. The van der Waals surface area contributed by atoms with Gasteiger partial charge in [-0.1, -0.05) is 13.8 Å². The Balaban J connectivity index is 2.22. The Morgan fingerprint density at radius 2 is 2.10 bits per heavy atom. The van der Waals surface area contributed by atoms with Gasteiger partial charge in [0, 0.05) is 18.9 Å². The third kappa shape index (κ3) is 6.63. The summed E-state index contributed by atoms with van der Waals surface area (Å²) in [6, 6.07) is 0. The Kier molecular flexibility index (Phi) is 7.17. The summed E-state index contributed by atoms with van der Waals surface area (Å²) in [4.78, 5) is 26.4. The van der Waals surface area contributed by atoms with Crippen LogP contribution in [0.15, 0.2) is 5.38 Å². The number of ether oxygens (including phenoxy) is 2. The van der Waals surface area contributed by atoms with Crippen molar-refractivity contribution in [2.75, 3.05) is 25.1 Å². The lowest BCUT2D eigenvalue weighted by molar-refractivity contribution is -0.114. The molecule has 112 valence electrons. The first-order valence-electron chi connectivity index (χ1n) is 6.47. The summed E-state index contributed by atoms with van der Waals surface area (Å²) >= 11 is 1.18. The normalized spacial score (nSPS) is 10.6. The Morgan fingerprint density at radius 3 is 2.75 bits per heavy atom. The van der Waals surface area contributed by atoms with Gasteiger partial charge in [-0.3, -0.25) is 4.79 Å². The van der Waals surface area contributed by atoms with E-state index in [1.807, 2.05) is 0 Å². The molecule has 7 heteroatoms. The van der Waals surface area contributed by atoms with Crippen LogP contribution in [0.5, 0.6) is 0 Å². The number of aromatic nitrogens is 1. The van der Waals surface area contributed by atoms with E-state index in [4.69, 9.17) is 9.47 Å². The number of carbonyl (C=O) groups excluding carboxylic acids is 2. The van der Waals surface area contributed by atoms with Crippen LogP contribution in [0.1, 0.15) is 37.7 Å². The monoisotopic (exact) mass is 300 g/mol. The number of rotatable bonds is 8. The summed E-state index contributed by atoms with van der Waals surface area (Å²) in [5, 5.41) is 4.45. The van der Waals surface area contributed by atoms with Gasteiger partial charge in [0.15, 0.2) is 10.8 Å². The van der Waals surface area contributed by atoms with Crippen molar-refractivity contribution in [2.45, 2.75) is 27.2 Å². The smallest absolute Gasteiger partial charge is 0.357 e. The fraction of sp³-hybridized carbons (Fsp3) is 0.615. The van der Waals surface area contributed by atoms with E-state index in [2.05, 4.69) is 24.1 Å². The van der Waals surface area contributed by atoms with Gasteiger partial charge in [0.1, 0.15) is 6.61 Å². The third-order valence-corrected chi connectivity index (χ3v) is 3.05. The highest BCUT2D eigenvalue weighted by Gasteiger charge is 2.12. The minimum absolute atomic E-state index is 0.195. The van der Waals surface area contributed by atoms with E-state index in [1.54, 1.807) is 5.38 Å². The maximum Gasteiger partial charge on any atom is 0.357 e. The molecule has 0 saturated heterocycles. The number of thiazole rings is 1. The molecule has 1 aromatic rings. The number of amides is 1. The summed E-state index contributed by atoms with van der Waals surface area (Å²) in [6.45, 7) is 6.87. The van der Waals surface area contributed by atoms with Crippen molar-refractivity contribution < 1.29 is 19.1 Å². The molecule has 0 aliphatic heterocycles. The maximum absolute atomic E-state index is 11.6. The molecular weight excluding hydrogens is 280 g/mol. The molecule has 1 aromatic heterocycles. The van der Waals surface area contributed by atoms with E-state index in [0.717, 1.165) is 6.42 Å². The van der Waals surface area contributed by atoms with Crippen LogP contribution < -0.4 is 5.32 Å². The highest BCUT2D eigenvalue weighted by molar-refractivity contribution is 7.14. The van der Waals surface area contributed by atoms with Gasteiger partial charge >= 0.3 is 5.97 Å². The van der Waals surface area contributed by atoms with Crippen molar-refractivity contribution in [1.29, 1.82) is 0 Å². The molecule has 6 nitrogen and oxygen atoms in total. The van der Waals surface area contributed by atoms with Crippen molar-refractivity contribution in [3.8, 4) is 0 Å². The van der Waals surface area contributed by atoms with Crippen LogP contribution in [0.3, 0.4) is 0 Å². The molecule has 0 aromatic carbocycles. The third-order valence-electron chi connectivity index (χ3n) is 2.30. The summed E-state index contributed by atoms with van der Waals surface area (Å²) < 4.78 is 10.4. The van der Waals surface area contributed by atoms with Crippen molar-refractivity contribution in [3.05, 3.63) is 11.1 Å². The van der Waals surface area contributed by atoms with Gasteiger partial charge < -0.3 is 14.8 Å². The fourth-order valence-electron chi connectivity index (χ4n) is 1.26. The average Bonchev–Trinajstić information content (AvgIpc) is 2.80. The number of nitrogens with zero attached hydrogens (tertiary/aromatic N) is 1. The van der Waals surface area contributed by atoms with E-state index in [0.29, 0.717) is 24.3 Å². The lowest BCUT2D eigenvalue weighted by Crippen LogP contribution is -2.12. The van der Waals surface area contributed by atoms with Crippen LogP contribution >= 0.6 is 11.3 Å². The topological polar surface area (TPSA) is 77.5 Å². The molecule has 1 N–H and O–H groups in total. The molecule has 0 radical (unpaired) electrons. The molecule has 0 saturated carbocycles. The minimum Gasteiger partial charge on any atom is -0.458 e. The van der Waals surface area contributed by atoms with Crippen molar-refractivity contribution in [2.24, 2.45) is 5.92 Å². The lowest BCUT2D eigenvalue weighted by Gasteiger charge is -2.06. The molecule has 1 heterocycles. The zero-order valence-corrected chi connectivity index (χ0v) is 12.8. The van der Waals surface area contributed by atoms with Gasteiger partial charge in [0.2, 0.25) is 5.91 Å². The zero-order valence-electron chi connectivity index (χ0n) is 12.0. The first-order valence-corrected chi connectivity index (χ1v) is 7.35. The number of carbonyl (C=O) groups is 2. The van der Waals surface area contributed by atoms with E-state index < -0.39 is 5.97 Å². The van der Waals surface area contributed by atoms with E-state index in [1.165, 1.54) is 18.3 Å². The van der Waals surface area contributed by atoms with Crippen LogP contribution in [-0.4, -0.2) is 36.7 Å². The maximum atomic E-state index is 11.6. The summed E-state index contributed by atoms with van der Waals surface area (Å²) in [7, 11) is 0. The molecule has 0 atom stereocenters. The molecule has 0 bridgehead atoms. The Morgan fingerprint density at radius 1 is 1.35 bits per heavy atom. The van der Waals surface area contributed by atoms with Gasteiger partial charge in [-0.15, -0.1) is 11.3 Å². The first kappa shape index (κ1) is 16.6. The van der Waals surface area contributed by atoms with Crippen molar-refractivity contribution in [1.82, 2.24) is 4.98 Å². The number of nitrogens with one attached hydrogen (secondary N) is 1. The van der Waals surface area contributed by atoms with Gasteiger partial charge in [-0.05, 0) is 12.3 Å². The molecule has 20 heavy (non-hydrogen) atoms. The highest BCUT2D eigenvalue weighted by Crippen LogP contribution is 2.15. The first-order chi connectivity index (χ1) is 9.49. The molecule has 0 fully saturated rings. The summed E-state index contributed by atoms with van der Waals surface area (Å²) in [5.74, 6) is -0.136. The second kappa shape index (κ2) is 8.65. The van der Waals surface area contributed by atoms with E-state index in [-0.39, 0.29) is 18.2 Å². The Hall–Kier alpha value is -1.47. The number of esters is 1. The Labute approximate surface area is 122 Å². The summed E-state index contributed by atoms with van der Waals surface area (Å²) in [6.07, 6.45) is 0.986. The van der Waals surface area contributed by atoms with Crippen LogP contribution in [0.2, 0.25) is 0 Å². The zero-order chi connectivity index (χ0) is 15.0. The van der Waals surface area contributed by atoms with Crippen molar-refractivity contribution in [3.63, 3.8) is 0 Å². The van der Waals surface area contributed by atoms with Crippen LogP contribution in [0.25, 0.3) is 0 Å². The number of anilines is 1. The minimum atomic E-state index is -0.509. The van der Waals surface area contributed by atoms with Crippen LogP contribution in [0, 0.1) is 5.92 Å². The predicted octanol–water partition coefficient (Wildman–Crippen LogP) is 2.32. The fourth-order valence-corrected chi connectivity index (χ4v) is 1.99. The highest BCUT2D eigenvalue weighted by atomic mass is 32.1. The second-order valence-electron chi connectivity index (χ2n) is 4.65. The van der Waals surface area contributed by atoms with Gasteiger partial charge in [0.25, 0.3) is 0 Å².